The van der Waals surface area contributed by atoms with Crippen molar-refractivity contribution in [3.05, 3.63) is 41.6 Å². The smallest absolute Gasteiger partial charge is 0.227 e. The second-order valence-electron chi connectivity index (χ2n) is 8.14. The van der Waals surface area contributed by atoms with Gasteiger partial charge in [-0.1, -0.05) is 12.1 Å². The summed E-state index contributed by atoms with van der Waals surface area (Å²) in [6.07, 6.45) is 4.07. The zero-order valence-corrected chi connectivity index (χ0v) is 17.1. The van der Waals surface area contributed by atoms with Crippen LogP contribution < -0.4 is 14.5 Å². The number of aromatic nitrogens is 2. The van der Waals surface area contributed by atoms with E-state index in [9.17, 15) is 0 Å². The van der Waals surface area contributed by atoms with Gasteiger partial charge < -0.3 is 19.3 Å². The van der Waals surface area contributed by atoms with E-state index in [-0.39, 0.29) is 0 Å². The van der Waals surface area contributed by atoms with Crippen LogP contribution in [0.15, 0.2) is 30.5 Å². The standard InChI is InChI=1S/C22H29N5O2/c1-25(21-4-7-23-22(24-21)27-9-12-28-13-10-27)19-5-8-26(16-19)15-17-2-3-20-18(14-17)6-11-29-20/h2-4,7,14,19H,5-6,8-13,15-16H2,1H3. The lowest BCUT2D eigenvalue weighted by Gasteiger charge is -2.29. The van der Waals surface area contributed by atoms with Crippen LogP contribution >= 0.6 is 0 Å². The van der Waals surface area contributed by atoms with Crippen molar-refractivity contribution in [1.82, 2.24) is 14.9 Å². The molecular weight excluding hydrogens is 366 g/mol. The summed E-state index contributed by atoms with van der Waals surface area (Å²) < 4.78 is 11.1. The number of likely N-dealkylation sites (N-methyl/N-ethyl adjacent to an activating group) is 1. The molecule has 0 radical (unpaired) electrons. The van der Waals surface area contributed by atoms with E-state index < -0.39 is 0 Å². The summed E-state index contributed by atoms with van der Waals surface area (Å²) in [6.45, 7) is 7.20. The van der Waals surface area contributed by atoms with Gasteiger partial charge in [0.05, 0.1) is 19.8 Å². The maximum atomic E-state index is 5.63. The summed E-state index contributed by atoms with van der Waals surface area (Å²) in [7, 11) is 2.16. The van der Waals surface area contributed by atoms with Gasteiger partial charge in [-0.3, -0.25) is 4.90 Å². The molecule has 1 aromatic heterocycles. The Morgan fingerprint density at radius 3 is 2.93 bits per heavy atom. The van der Waals surface area contributed by atoms with Gasteiger partial charge >= 0.3 is 0 Å². The van der Waals surface area contributed by atoms with Crippen molar-refractivity contribution in [3.63, 3.8) is 0 Å². The highest BCUT2D eigenvalue weighted by molar-refractivity contribution is 5.44. The van der Waals surface area contributed by atoms with Gasteiger partial charge in [-0.15, -0.1) is 0 Å². The second kappa shape index (κ2) is 8.16. The van der Waals surface area contributed by atoms with Gasteiger partial charge in [0, 0.05) is 58.4 Å². The molecule has 0 spiro atoms. The van der Waals surface area contributed by atoms with Crippen LogP contribution in [-0.4, -0.2) is 74.0 Å². The molecule has 29 heavy (non-hydrogen) atoms. The first-order chi connectivity index (χ1) is 14.3. The Balaban J connectivity index is 1.22. The van der Waals surface area contributed by atoms with Crippen molar-refractivity contribution in [2.45, 2.75) is 25.4 Å². The minimum Gasteiger partial charge on any atom is -0.493 e. The number of ether oxygens (including phenoxy) is 2. The molecule has 1 aromatic carbocycles. The molecule has 1 atom stereocenters. The number of hydrogen-bond acceptors (Lipinski definition) is 7. The third kappa shape index (κ3) is 4.02. The summed E-state index contributed by atoms with van der Waals surface area (Å²) >= 11 is 0. The maximum Gasteiger partial charge on any atom is 0.227 e. The molecule has 7 nitrogen and oxygen atoms in total. The highest BCUT2D eigenvalue weighted by Crippen LogP contribution is 2.28. The highest BCUT2D eigenvalue weighted by Gasteiger charge is 2.27. The molecule has 4 heterocycles. The molecule has 0 saturated carbocycles. The fraction of sp³-hybridized carbons (Fsp3) is 0.545. The van der Waals surface area contributed by atoms with E-state index in [1.165, 1.54) is 11.1 Å². The predicted molar refractivity (Wildman–Crippen MR) is 113 cm³/mol. The number of anilines is 2. The van der Waals surface area contributed by atoms with Gasteiger partial charge in [0.2, 0.25) is 5.95 Å². The lowest BCUT2D eigenvalue weighted by Crippen LogP contribution is -2.38. The van der Waals surface area contributed by atoms with E-state index in [2.05, 4.69) is 44.9 Å². The molecule has 2 aromatic rings. The average Bonchev–Trinajstić information content (AvgIpc) is 3.43. The summed E-state index contributed by atoms with van der Waals surface area (Å²) in [5.74, 6) is 2.88. The predicted octanol–water partition coefficient (Wildman–Crippen LogP) is 1.96. The van der Waals surface area contributed by atoms with Gasteiger partial charge in [-0.05, 0) is 29.7 Å². The second-order valence-corrected chi connectivity index (χ2v) is 8.14. The molecule has 0 N–H and O–H groups in total. The molecule has 3 aliphatic heterocycles. The van der Waals surface area contributed by atoms with E-state index in [0.29, 0.717) is 6.04 Å². The summed E-state index contributed by atoms with van der Waals surface area (Å²) in [6, 6.07) is 9.15. The number of morpholine rings is 1. The number of hydrogen-bond donors (Lipinski definition) is 0. The molecule has 5 rings (SSSR count). The van der Waals surface area contributed by atoms with E-state index in [0.717, 1.165) is 82.9 Å². The highest BCUT2D eigenvalue weighted by atomic mass is 16.5. The maximum absolute atomic E-state index is 5.63. The quantitative estimate of drug-likeness (QED) is 0.767. The van der Waals surface area contributed by atoms with Crippen molar-refractivity contribution in [1.29, 1.82) is 0 Å². The first-order valence-corrected chi connectivity index (χ1v) is 10.6. The molecule has 0 bridgehead atoms. The molecule has 7 heteroatoms. The van der Waals surface area contributed by atoms with Crippen molar-refractivity contribution in [2.24, 2.45) is 0 Å². The fourth-order valence-electron chi connectivity index (χ4n) is 4.51. The summed E-state index contributed by atoms with van der Waals surface area (Å²) in [5, 5.41) is 0. The summed E-state index contributed by atoms with van der Waals surface area (Å²) in [5.41, 5.74) is 2.74. The van der Waals surface area contributed by atoms with Crippen LogP contribution in [0.1, 0.15) is 17.5 Å². The van der Waals surface area contributed by atoms with Gasteiger partial charge in [0.15, 0.2) is 0 Å². The minimum atomic E-state index is 0.472. The minimum absolute atomic E-state index is 0.472. The van der Waals surface area contributed by atoms with Gasteiger partial charge in [0.25, 0.3) is 0 Å². The van der Waals surface area contributed by atoms with Crippen molar-refractivity contribution in [2.75, 3.05) is 62.8 Å². The number of nitrogens with zero attached hydrogens (tertiary/aromatic N) is 5. The first-order valence-electron chi connectivity index (χ1n) is 10.6. The Morgan fingerprint density at radius 1 is 1.14 bits per heavy atom. The Kier molecular flexibility index (Phi) is 5.24. The molecule has 154 valence electrons. The lowest BCUT2D eigenvalue weighted by atomic mass is 10.1. The van der Waals surface area contributed by atoms with Crippen LogP contribution in [0.2, 0.25) is 0 Å². The molecule has 0 aliphatic carbocycles. The molecular formula is C22H29N5O2. The molecule has 0 amide bonds. The van der Waals surface area contributed by atoms with Crippen molar-refractivity contribution < 1.29 is 9.47 Å². The molecule has 2 fully saturated rings. The van der Waals surface area contributed by atoms with E-state index >= 15 is 0 Å². The normalized spacial score (nSPS) is 21.8. The SMILES string of the molecule is CN(c1ccnc(N2CCOCC2)n1)C1CCN(Cc2ccc3c(c2)CCO3)C1. The Bertz CT molecular complexity index is 855. The Labute approximate surface area is 172 Å². The summed E-state index contributed by atoms with van der Waals surface area (Å²) in [4.78, 5) is 16.4. The monoisotopic (exact) mass is 395 g/mol. The zero-order valence-electron chi connectivity index (χ0n) is 17.1. The lowest BCUT2D eigenvalue weighted by molar-refractivity contribution is 0.122. The van der Waals surface area contributed by atoms with Gasteiger partial charge in [-0.25, -0.2) is 4.98 Å². The van der Waals surface area contributed by atoms with Gasteiger partial charge in [-0.2, -0.15) is 4.98 Å². The average molecular weight is 396 g/mol. The number of benzene rings is 1. The van der Waals surface area contributed by atoms with Crippen LogP contribution in [0.25, 0.3) is 0 Å². The number of likely N-dealkylation sites (tertiary alicyclic amines) is 1. The third-order valence-corrected chi connectivity index (χ3v) is 6.24. The fourth-order valence-corrected chi connectivity index (χ4v) is 4.51. The van der Waals surface area contributed by atoms with Crippen LogP contribution in [0.4, 0.5) is 11.8 Å². The first kappa shape index (κ1) is 18.6. The van der Waals surface area contributed by atoms with E-state index in [1.54, 1.807) is 0 Å². The third-order valence-electron chi connectivity index (χ3n) is 6.24. The van der Waals surface area contributed by atoms with E-state index in [4.69, 9.17) is 14.5 Å². The Hall–Kier alpha value is -2.38. The molecule has 1 unspecified atom stereocenters. The zero-order chi connectivity index (χ0) is 19.6. The van der Waals surface area contributed by atoms with Crippen molar-refractivity contribution in [3.8, 4) is 5.75 Å². The number of rotatable bonds is 5. The molecule has 2 saturated heterocycles. The molecule has 3 aliphatic rings. The van der Waals surface area contributed by atoms with Crippen molar-refractivity contribution >= 4 is 11.8 Å². The van der Waals surface area contributed by atoms with Gasteiger partial charge in [0.1, 0.15) is 11.6 Å². The van der Waals surface area contributed by atoms with Crippen LogP contribution in [-0.2, 0) is 17.7 Å². The Morgan fingerprint density at radius 2 is 2.03 bits per heavy atom. The van der Waals surface area contributed by atoms with E-state index in [1.807, 2.05) is 12.3 Å². The number of fused-ring (bicyclic) bond motifs is 1. The largest absolute Gasteiger partial charge is 0.493 e. The van der Waals surface area contributed by atoms with Crippen LogP contribution in [0.3, 0.4) is 0 Å². The van der Waals surface area contributed by atoms with Crippen LogP contribution in [0.5, 0.6) is 5.75 Å². The topological polar surface area (TPSA) is 54.0 Å². The van der Waals surface area contributed by atoms with Crippen LogP contribution in [0, 0.1) is 0 Å².